The van der Waals surface area contributed by atoms with Crippen LogP contribution in [0.1, 0.15) is 66.2 Å². The van der Waals surface area contributed by atoms with Gasteiger partial charge in [-0.15, -0.1) is 6.58 Å². The van der Waals surface area contributed by atoms with Gasteiger partial charge in [0.2, 0.25) is 0 Å². The summed E-state index contributed by atoms with van der Waals surface area (Å²) in [4.78, 5) is 0. The second-order valence-electron chi connectivity index (χ2n) is 9.87. The first kappa shape index (κ1) is 27.2. The Balaban J connectivity index is 3.00. The molecule has 0 saturated heterocycles. The number of rotatable bonds is 10. The highest BCUT2D eigenvalue weighted by molar-refractivity contribution is 7.87. The summed E-state index contributed by atoms with van der Waals surface area (Å²) in [6.07, 6.45) is 7.54. The molecule has 0 saturated carbocycles. The minimum atomic E-state index is -5.67. The van der Waals surface area contributed by atoms with Crippen LogP contribution in [0.15, 0.2) is 24.5 Å². The molecule has 1 rings (SSSR count). The average molecular weight is 471 g/mol. The van der Waals surface area contributed by atoms with Crippen molar-refractivity contribution < 1.29 is 30.2 Å². The van der Waals surface area contributed by atoms with E-state index in [9.17, 15) is 21.6 Å². The summed E-state index contributed by atoms with van der Waals surface area (Å²) in [6, 6.07) is 0. The summed E-state index contributed by atoms with van der Waals surface area (Å²) < 4.78 is 72.3. The standard InChI is InChI=1S/C21H37F3O4SSi/c1-8-9-12-20(13-10-15-27-30(6,7)19(3,4)5)14-11-17(2)18(16-20)28-29(25,26)21(22,23)24/h8,16-17H,1,9-15H2,2-7H3/t17-,20-/m1/s1. The summed E-state index contributed by atoms with van der Waals surface area (Å²) in [6.45, 7) is 16.9. The molecule has 0 aliphatic heterocycles. The lowest BCUT2D eigenvalue weighted by atomic mass is 9.70. The highest BCUT2D eigenvalue weighted by Gasteiger charge is 2.50. The first-order chi connectivity index (χ1) is 13.5. The van der Waals surface area contributed by atoms with Crippen molar-refractivity contribution in [2.75, 3.05) is 6.61 Å². The fourth-order valence-electron chi connectivity index (χ4n) is 3.32. The number of alkyl halides is 3. The minimum absolute atomic E-state index is 0.0979. The highest BCUT2D eigenvalue weighted by atomic mass is 32.2. The van der Waals surface area contributed by atoms with Crippen LogP contribution < -0.4 is 0 Å². The van der Waals surface area contributed by atoms with Crippen molar-refractivity contribution in [2.45, 2.75) is 89.9 Å². The molecule has 2 atom stereocenters. The summed E-state index contributed by atoms with van der Waals surface area (Å²) in [7, 11) is -7.55. The van der Waals surface area contributed by atoms with Crippen molar-refractivity contribution in [1.82, 2.24) is 0 Å². The van der Waals surface area contributed by atoms with E-state index in [1.165, 1.54) is 0 Å². The molecule has 0 heterocycles. The van der Waals surface area contributed by atoms with Gasteiger partial charge in [-0.05, 0) is 68.1 Å². The molecule has 0 amide bonds. The zero-order valence-corrected chi connectivity index (χ0v) is 20.9. The second kappa shape index (κ2) is 9.77. The van der Waals surface area contributed by atoms with Crippen molar-refractivity contribution in [1.29, 1.82) is 0 Å². The van der Waals surface area contributed by atoms with Gasteiger partial charge in [0.25, 0.3) is 0 Å². The largest absolute Gasteiger partial charge is 0.534 e. The zero-order valence-electron chi connectivity index (χ0n) is 19.1. The highest BCUT2D eigenvalue weighted by Crippen LogP contribution is 2.46. The van der Waals surface area contributed by atoms with Crippen LogP contribution >= 0.6 is 0 Å². The van der Waals surface area contributed by atoms with Gasteiger partial charge in [-0.2, -0.15) is 21.6 Å². The van der Waals surface area contributed by atoms with E-state index >= 15 is 0 Å². The van der Waals surface area contributed by atoms with Crippen molar-refractivity contribution >= 4 is 18.4 Å². The Labute approximate surface area is 181 Å². The maximum atomic E-state index is 12.8. The summed E-state index contributed by atoms with van der Waals surface area (Å²) in [5, 5.41) is 0.0979. The van der Waals surface area contributed by atoms with Crippen molar-refractivity contribution in [3.8, 4) is 0 Å². The van der Waals surface area contributed by atoms with Crippen LogP contribution in [0.4, 0.5) is 13.2 Å². The summed E-state index contributed by atoms with van der Waals surface area (Å²) in [5.74, 6) is -0.490. The predicted octanol–water partition coefficient (Wildman–Crippen LogP) is 6.92. The lowest BCUT2D eigenvalue weighted by Gasteiger charge is -2.39. The van der Waals surface area contributed by atoms with Crippen LogP contribution in [0, 0.1) is 11.3 Å². The lowest BCUT2D eigenvalue weighted by Crippen LogP contribution is -2.41. The van der Waals surface area contributed by atoms with E-state index in [-0.39, 0.29) is 16.7 Å². The molecule has 0 aromatic carbocycles. The lowest BCUT2D eigenvalue weighted by molar-refractivity contribution is -0.0529. The third-order valence-electron chi connectivity index (χ3n) is 6.43. The summed E-state index contributed by atoms with van der Waals surface area (Å²) in [5.41, 5.74) is -5.86. The van der Waals surface area contributed by atoms with E-state index in [1.807, 2.05) is 0 Å². The maximum absolute atomic E-state index is 12.8. The van der Waals surface area contributed by atoms with E-state index in [2.05, 4.69) is 44.6 Å². The Morgan fingerprint density at radius 2 is 1.87 bits per heavy atom. The van der Waals surface area contributed by atoms with Crippen LogP contribution in [0.5, 0.6) is 0 Å². The minimum Gasteiger partial charge on any atom is -0.417 e. The quantitative estimate of drug-likeness (QED) is 0.114. The molecular formula is C21H37F3O4SSi. The fraction of sp³-hybridized carbons (Fsp3) is 0.810. The molecule has 176 valence electrons. The van der Waals surface area contributed by atoms with E-state index in [4.69, 9.17) is 4.43 Å². The van der Waals surface area contributed by atoms with Gasteiger partial charge in [-0.25, -0.2) is 0 Å². The summed E-state index contributed by atoms with van der Waals surface area (Å²) >= 11 is 0. The van der Waals surface area contributed by atoms with Crippen molar-refractivity contribution in [3.63, 3.8) is 0 Å². The number of hydrogen-bond donors (Lipinski definition) is 0. The van der Waals surface area contributed by atoms with E-state index in [0.29, 0.717) is 32.3 Å². The molecule has 1 aliphatic carbocycles. The first-order valence-corrected chi connectivity index (χ1v) is 14.8. The van der Waals surface area contributed by atoms with E-state index in [0.717, 1.165) is 12.8 Å². The van der Waals surface area contributed by atoms with Crippen molar-refractivity contribution in [2.24, 2.45) is 11.3 Å². The van der Waals surface area contributed by atoms with E-state index < -0.39 is 29.4 Å². The molecule has 0 unspecified atom stereocenters. The SMILES string of the molecule is C=CCC[C@]1(CCCO[Si](C)(C)C(C)(C)C)C=C(OS(=O)(=O)C(F)(F)F)[C@H](C)CC1. The Kier molecular flexibility index (Phi) is 8.87. The second-order valence-corrected chi connectivity index (χ2v) is 16.2. The predicted molar refractivity (Wildman–Crippen MR) is 117 cm³/mol. The molecule has 0 spiro atoms. The Hall–Kier alpha value is -0.803. The monoisotopic (exact) mass is 470 g/mol. The first-order valence-electron chi connectivity index (χ1n) is 10.4. The molecule has 30 heavy (non-hydrogen) atoms. The number of halogens is 3. The molecule has 0 fully saturated rings. The average Bonchev–Trinajstić information content (AvgIpc) is 2.58. The van der Waals surface area contributed by atoms with Gasteiger partial charge < -0.3 is 8.61 Å². The fourth-order valence-corrected chi connectivity index (χ4v) is 4.97. The van der Waals surface area contributed by atoms with Crippen molar-refractivity contribution in [3.05, 3.63) is 24.5 Å². The third kappa shape index (κ3) is 7.12. The number of allylic oxidation sites excluding steroid dienone is 3. The van der Waals surface area contributed by atoms with Gasteiger partial charge in [0.1, 0.15) is 5.76 Å². The topological polar surface area (TPSA) is 52.6 Å². The molecule has 0 aromatic rings. The maximum Gasteiger partial charge on any atom is 0.534 e. The molecule has 1 aliphatic rings. The van der Waals surface area contributed by atoms with Gasteiger partial charge >= 0.3 is 15.6 Å². The van der Waals surface area contributed by atoms with Gasteiger partial charge in [0.15, 0.2) is 8.32 Å². The third-order valence-corrected chi connectivity index (χ3v) is 12.0. The smallest absolute Gasteiger partial charge is 0.417 e. The molecular weight excluding hydrogens is 433 g/mol. The molecule has 0 aromatic heterocycles. The Bertz CT molecular complexity index is 724. The molecule has 4 nitrogen and oxygen atoms in total. The van der Waals surface area contributed by atoms with Crippen LogP contribution in [0.3, 0.4) is 0 Å². The van der Waals surface area contributed by atoms with Crippen LogP contribution in [-0.2, 0) is 18.7 Å². The van der Waals surface area contributed by atoms with Crippen LogP contribution in [-0.4, -0.2) is 28.9 Å². The number of hydrogen-bond acceptors (Lipinski definition) is 4. The van der Waals surface area contributed by atoms with Crippen LogP contribution in [0.25, 0.3) is 0 Å². The van der Waals surface area contributed by atoms with Crippen LogP contribution in [0.2, 0.25) is 18.1 Å². The Morgan fingerprint density at radius 1 is 1.27 bits per heavy atom. The molecule has 0 radical (unpaired) electrons. The molecule has 0 N–H and O–H groups in total. The van der Waals surface area contributed by atoms with E-state index in [1.54, 1.807) is 19.1 Å². The zero-order chi connectivity index (χ0) is 23.4. The van der Waals surface area contributed by atoms with Gasteiger partial charge in [0.05, 0.1) is 0 Å². The normalized spacial score (nSPS) is 23.8. The van der Waals surface area contributed by atoms with Gasteiger partial charge in [-0.1, -0.05) is 33.8 Å². The molecule has 9 heteroatoms. The van der Waals surface area contributed by atoms with Gasteiger partial charge in [-0.3, -0.25) is 0 Å². The Morgan fingerprint density at radius 3 is 2.37 bits per heavy atom. The molecule has 0 bridgehead atoms. The van der Waals surface area contributed by atoms with Gasteiger partial charge in [0, 0.05) is 12.5 Å².